The van der Waals surface area contributed by atoms with E-state index in [0.29, 0.717) is 5.92 Å². The molecule has 1 unspecified atom stereocenters. The van der Waals surface area contributed by atoms with E-state index >= 15 is 0 Å². The Hall–Kier alpha value is -1.06. The average molecular weight is 250 g/mol. The van der Waals surface area contributed by atoms with Gasteiger partial charge < -0.3 is 15.8 Å². The molecule has 3 N–H and O–H groups in total. The van der Waals surface area contributed by atoms with E-state index in [-0.39, 0.29) is 6.04 Å². The first-order chi connectivity index (χ1) is 8.54. The van der Waals surface area contributed by atoms with E-state index in [0.717, 1.165) is 25.3 Å². The Balaban J connectivity index is 2.63. The molecule has 18 heavy (non-hydrogen) atoms. The molecule has 1 aromatic rings. The monoisotopic (exact) mass is 250 g/mol. The van der Waals surface area contributed by atoms with Crippen molar-refractivity contribution in [1.29, 1.82) is 0 Å². The number of ether oxygens (including phenoxy) is 1. The topological polar surface area (TPSA) is 47.3 Å². The summed E-state index contributed by atoms with van der Waals surface area (Å²) in [6, 6.07) is 6.66. The number of benzene rings is 1. The first kappa shape index (κ1) is 15.0. The first-order valence-electron chi connectivity index (χ1n) is 6.67. The number of hydrogen-bond donors (Lipinski definition) is 2. The van der Waals surface area contributed by atoms with Gasteiger partial charge in [-0.25, -0.2) is 0 Å². The highest BCUT2D eigenvalue weighted by Gasteiger charge is 2.06. The zero-order chi connectivity index (χ0) is 13.5. The summed E-state index contributed by atoms with van der Waals surface area (Å²) in [6.45, 7) is 8.20. The van der Waals surface area contributed by atoms with Crippen molar-refractivity contribution in [2.24, 2.45) is 5.73 Å². The van der Waals surface area contributed by atoms with Gasteiger partial charge in [-0.2, -0.15) is 0 Å². The van der Waals surface area contributed by atoms with Crippen molar-refractivity contribution in [2.45, 2.75) is 45.7 Å². The largest absolute Gasteiger partial charge is 0.496 e. The van der Waals surface area contributed by atoms with Crippen LogP contribution < -0.4 is 15.8 Å². The van der Waals surface area contributed by atoms with Crippen LogP contribution in [-0.4, -0.2) is 19.7 Å². The van der Waals surface area contributed by atoms with Gasteiger partial charge in [0, 0.05) is 18.2 Å². The number of nitrogens with one attached hydrogen (secondary N) is 1. The van der Waals surface area contributed by atoms with E-state index in [2.05, 4.69) is 37.4 Å². The molecule has 0 saturated heterocycles. The highest BCUT2D eigenvalue weighted by Crippen LogP contribution is 2.23. The summed E-state index contributed by atoms with van der Waals surface area (Å²) in [5.41, 5.74) is 8.29. The normalized spacial score (nSPS) is 12.8. The van der Waals surface area contributed by atoms with Gasteiger partial charge in [-0.3, -0.25) is 0 Å². The Morgan fingerprint density at radius 3 is 2.56 bits per heavy atom. The highest BCUT2D eigenvalue weighted by molar-refractivity contribution is 5.38. The average Bonchev–Trinajstić information content (AvgIpc) is 2.34. The summed E-state index contributed by atoms with van der Waals surface area (Å²) in [6.07, 6.45) is 0.992. The van der Waals surface area contributed by atoms with Crippen LogP contribution in [0, 0.1) is 0 Å². The molecule has 0 saturated carbocycles. The molecule has 0 radical (unpaired) electrons. The van der Waals surface area contributed by atoms with Crippen LogP contribution in [0.3, 0.4) is 0 Å². The number of nitrogens with two attached hydrogens (primary N) is 1. The number of hydrogen-bond acceptors (Lipinski definition) is 3. The maximum absolute atomic E-state index is 5.73. The molecule has 1 rings (SSSR count). The molecule has 0 aliphatic heterocycles. The van der Waals surface area contributed by atoms with E-state index in [1.165, 1.54) is 11.1 Å². The summed E-state index contributed by atoms with van der Waals surface area (Å²) in [5.74, 6) is 1.49. The molecule has 0 aliphatic carbocycles. The lowest BCUT2D eigenvalue weighted by atomic mass is 10.00. The fourth-order valence-corrected chi connectivity index (χ4v) is 1.85. The lowest BCUT2D eigenvalue weighted by Crippen LogP contribution is -2.23. The van der Waals surface area contributed by atoms with Crippen molar-refractivity contribution in [3.8, 4) is 5.75 Å². The molecule has 0 heterocycles. The van der Waals surface area contributed by atoms with E-state index in [1.54, 1.807) is 7.11 Å². The lowest BCUT2D eigenvalue weighted by Gasteiger charge is -2.14. The Bertz CT molecular complexity index is 362. The quantitative estimate of drug-likeness (QED) is 0.731. The highest BCUT2D eigenvalue weighted by atomic mass is 16.5. The third-order valence-corrected chi connectivity index (χ3v) is 3.06. The Kier molecular flexibility index (Phi) is 6.16. The predicted octanol–water partition coefficient (Wildman–Crippen LogP) is 2.65. The second kappa shape index (κ2) is 7.39. The van der Waals surface area contributed by atoms with Crippen LogP contribution in [0.1, 0.15) is 44.2 Å². The van der Waals surface area contributed by atoms with Crippen LogP contribution in [0.25, 0.3) is 0 Å². The summed E-state index contributed by atoms with van der Waals surface area (Å²) < 4.78 is 5.39. The minimum atomic E-state index is 0.251. The van der Waals surface area contributed by atoms with E-state index < -0.39 is 0 Å². The third-order valence-electron chi connectivity index (χ3n) is 3.06. The standard InChI is InChI=1S/C15H26N2O/c1-11(2)13-5-6-15(18-4)14(9-13)10-17-8-7-12(3)16/h5-6,9,11-12,17H,7-8,10,16H2,1-4H3. The molecular weight excluding hydrogens is 224 g/mol. The molecule has 0 bridgehead atoms. The van der Waals surface area contributed by atoms with E-state index in [4.69, 9.17) is 10.5 Å². The minimum absolute atomic E-state index is 0.251. The molecule has 0 amide bonds. The maximum atomic E-state index is 5.73. The Morgan fingerprint density at radius 1 is 1.28 bits per heavy atom. The van der Waals surface area contributed by atoms with Crippen LogP contribution in [0.4, 0.5) is 0 Å². The molecular formula is C15H26N2O. The van der Waals surface area contributed by atoms with Crippen LogP contribution in [-0.2, 0) is 6.54 Å². The zero-order valence-corrected chi connectivity index (χ0v) is 12.0. The van der Waals surface area contributed by atoms with Gasteiger partial charge in [0.1, 0.15) is 5.75 Å². The smallest absolute Gasteiger partial charge is 0.123 e. The van der Waals surface area contributed by atoms with Crippen LogP contribution in [0.15, 0.2) is 18.2 Å². The molecule has 0 spiro atoms. The SMILES string of the molecule is COc1ccc(C(C)C)cc1CNCCC(C)N. The number of rotatable bonds is 7. The molecule has 0 aliphatic rings. The van der Waals surface area contributed by atoms with Crippen LogP contribution >= 0.6 is 0 Å². The van der Waals surface area contributed by atoms with Gasteiger partial charge in [-0.05, 0) is 37.4 Å². The number of methoxy groups -OCH3 is 1. The van der Waals surface area contributed by atoms with Crippen molar-refractivity contribution in [2.75, 3.05) is 13.7 Å². The van der Waals surface area contributed by atoms with Gasteiger partial charge in [0.15, 0.2) is 0 Å². The molecule has 0 fully saturated rings. The fourth-order valence-electron chi connectivity index (χ4n) is 1.85. The van der Waals surface area contributed by atoms with E-state index in [9.17, 15) is 0 Å². The summed E-state index contributed by atoms with van der Waals surface area (Å²) >= 11 is 0. The fraction of sp³-hybridized carbons (Fsp3) is 0.600. The maximum Gasteiger partial charge on any atom is 0.123 e. The Morgan fingerprint density at radius 2 is 2.00 bits per heavy atom. The third kappa shape index (κ3) is 4.67. The summed E-state index contributed by atoms with van der Waals surface area (Å²) in [4.78, 5) is 0. The van der Waals surface area contributed by atoms with Gasteiger partial charge in [0.2, 0.25) is 0 Å². The molecule has 102 valence electrons. The van der Waals surface area contributed by atoms with Gasteiger partial charge in [0.25, 0.3) is 0 Å². The van der Waals surface area contributed by atoms with E-state index in [1.807, 2.05) is 6.92 Å². The summed E-state index contributed by atoms with van der Waals surface area (Å²) in [7, 11) is 1.72. The molecule has 1 aromatic carbocycles. The van der Waals surface area contributed by atoms with Crippen molar-refractivity contribution < 1.29 is 4.74 Å². The first-order valence-corrected chi connectivity index (χ1v) is 6.67. The van der Waals surface area contributed by atoms with Crippen LogP contribution in [0.5, 0.6) is 5.75 Å². The predicted molar refractivity (Wildman–Crippen MR) is 77.1 cm³/mol. The van der Waals surface area contributed by atoms with Crippen LogP contribution in [0.2, 0.25) is 0 Å². The van der Waals surface area contributed by atoms with Crippen molar-refractivity contribution in [1.82, 2.24) is 5.32 Å². The molecule has 0 aromatic heterocycles. The molecule has 1 atom stereocenters. The van der Waals surface area contributed by atoms with Gasteiger partial charge in [0.05, 0.1) is 7.11 Å². The zero-order valence-electron chi connectivity index (χ0n) is 12.0. The van der Waals surface area contributed by atoms with Gasteiger partial charge in [-0.15, -0.1) is 0 Å². The minimum Gasteiger partial charge on any atom is -0.496 e. The molecule has 3 nitrogen and oxygen atoms in total. The second-order valence-electron chi connectivity index (χ2n) is 5.17. The van der Waals surface area contributed by atoms with Crippen molar-refractivity contribution >= 4 is 0 Å². The molecule has 3 heteroatoms. The van der Waals surface area contributed by atoms with Crippen molar-refractivity contribution in [3.05, 3.63) is 29.3 Å². The second-order valence-corrected chi connectivity index (χ2v) is 5.17. The lowest BCUT2D eigenvalue weighted by molar-refractivity contribution is 0.407. The Labute approximate surface area is 111 Å². The van der Waals surface area contributed by atoms with Crippen molar-refractivity contribution in [3.63, 3.8) is 0 Å². The van der Waals surface area contributed by atoms with Gasteiger partial charge >= 0.3 is 0 Å². The van der Waals surface area contributed by atoms with Gasteiger partial charge in [-0.1, -0.05) is 26.0 Å². The summed E-state index contributed by atoms with van der Waals surface area (Å²) in [5, 5.41) is 3.41.